The van der Waals surface area contributed by atoms with Crippen LogP contribution >= 0.6 is 0 Å². The molecule has 1 saturated heterocycles. The third-order valence-corrected chi connectivity index (χ3v) is 2.39. The average molecular weight is 228 g/mol. The van der Waals surface area contributed by atoms with E-state index in [-0.39, 0.29) is 19.0 Å². The molecule has 1 fully saturated rings. The van der Waals surface area contributed by atoms with Crippen molar-refractivity contribution in [2.45, 2.75) is 24.9 Å². The zero-order valence-corrected chi connectivity index (χ0v) is 8.35. The topological polar surface area (TPSA) is 123 Å². The molecule has 1 aliphatic heterocycles. The summed E-state index contributed by atoms with van der Waals surface area (Å²) < 4.78 is 6.32. The lowest BCUT2D eigenvalue weighted by Gasteiger charge is -2.16. The van der Waals surface area contributed by atoms with Gasteiger partial charge in [-0.15, -0.1) is 0 Å². The molecule has 0 amide bonds. The Hall–Kier alpha value is -1.51. The largest absolute Gasteiger partial charge is 0.394 e. The van der Waals surface area contributed by atoms with Crippen molar-refractivity contribution in [1.82, 2.24) is 14.5 Å². The summed E-state index contributed by atoms with van der Waals surface area (Å²) in [4.78, 5) is 18.5. The van der Waals surface area contributed by atoms with Gasteiger partial charge in [-0.1, -0.05) is 0 Å². The minimum Gasteiger partial charge on any atom is -0.394 e. The highest BCUT2D eigenvalue weighted by molar-refractivity contribution is 5.09. The van der Waals surface area contributed by atoms with E-state index >= 15 is 0 Å². The highest BCUT2D eigenvalue weighted by Crippen LogP contribution is 2.26. The number of anilines is 1. The second kappa shape index (κ2) is 4.16. The van der Waals surface area contributed by atoms with Crippen molar-refractivity contribution in [3.63, 3.8) is 0 Å². The van der Waals surface area contributed by atoms with Crippen LogP contribution in [0, 0.1) is 0 Å². The van der Waals surface area contributed by atoms with Crippen LogP contribution in [-0.4, -0.2) is 43.6 Å². The van der Waals surface area contributed by atoms with Gasteiger partial charge in [0, 0.05) is 6.42 Å². The van der Waals surface area contributed by atoms with Crippen molar-refractivity contribution in [2.24, 2.45) is 0 Å². The van der Waals surface area contributed by atoms with Crippen LogP contribution in [0.2, 0.25) is 0 Å². The van der Waals surface area contributed by atoms with E-state index in [1.807, 2.05) is 0 Å². The molecule has 4 N–H and O–H groups in total. The third-order valence-electron chi connectivity index (χ3n) is 2.39. The predicted molar refractivity (Wildman–Crippen MR) is 52.3 cm³/mol. The van der Waals surface area contributed by atoms with Crippen LogP contribution in [-0.2, 0) is 4.74 Å². The number of aliphatic hydroxyl groups excluding tert-OH is 2. The highest BCUT2D eigenvalue weighted by Gasteiger charge is 2.35. The summed E-state index contributed by atoms with van der Waals surface area (Å²) in [5.74, 6) is -0.132. The normalized spacial score (nSPS) is 29.5. The van der Waals surface area contributed by atoms with Crippen molar-refractivity contribution in [2.75, 3.05) is 12.3 Å². The van der Waals surface area contributed by atoms with Crippen LogP contribution in [0.1, 0.15) is 12.6 Å². The molecule has 0 unspecified atom stereocenters. The van der Waals surface area contributed by atoms with Gasteiger partial charge in [-0.3, -0.25) is 4.57 Å². The molecule has 1 aromatic heterocycles. The quantitative estimate of drug-likeness (QED) is 0.527. The van der Waals surface area contributed by atoms with Crippen LogP contribution in [0.5, 0.6) is 0 Å². The lowest BCUT2D eigenvalue weighted by molar-refractivity contribution is -0.0535. The molecule has 2 heterocycles. The summed E-state index contributed by atoms with van der Waals surface area (Å²) in [6.45, 7) is -0.210. The highest BCUT2D eigenvalue weighted by atomic mass is 16.5. The standard InChI is InChI=1S/C8H12N4O4/c9-7-10-3-12(8(15)11-7)6-5(14)1-4(2-13)16-6/h3-6,13-14H,1-2H2,(H2,9,11,15)/t4-,5+,6+/m0/s1. The number of aromatic nitrogens is 3. The minimum atomic E-state index is -0.873. The van der Waals surface area contributed by atoms with Gasteiger partial charge in [0.1, 0.15) is 12.4 Å². The van der Waals surface area contributed by atoms with Gasteiger partial charge in [-0.2, -0.15) is 4.98 Å². The van der Waals surface area contributed by atoms with E-state index in [0.717, 1.165) is 10.9 Å². The summed E-state index contributed by atoms with van der Waals surface area (Å²) in [6.07, 6.45) is -0.798. The van der Waals surface area contributed by atoms with Gasteiger partial charge in [0.25, 0.3) is 0 Å². The first-order valence-electron chi connectivity index (χ1n) is 4.77. The van der Waals surface area contributed by atoms with Gasteiger partial charge in [0.05, 0.1) is 12.7 Å². The molecule has 8 heteroatoms. The van der Waals surface area contributed by atoms with Gasteiger partial charge in [-0.25, -0.2) is 9.78 Å². The van der Waals surface area contributed by atoms with Gasteiger partial charge in [0.15, 0.2) is 6.23 Å². The van der Waals surface area contributed by atoms with Crippen LogP contribution in [0.4, 0.5) is 5.95 Å². The fraction of sp³-hybridized carbons (Fsp3) is 0.625. The van der Waals surface area contributed by atoms with E-state index < -0.39 is 24.1 Å². The van der Waals surface area contributed by atoms with E-state index in [0.29, 0.717) is 0 Å². The smallest absolute Gasteiger partial charge is 0.354 e. The Bertz CT molecular complexity index is 434. The Balaban J connectivity index is 2.28. The second-order valence-corrected chi connectivity index (χ2v) is 3.54. The molecule has 3 atom stereocenters. The lowest BCUT2D eigenvalue weighted by atomic mass is 10.2. The van der Waals surface area contributed by atoms with E-state index in [2.05, 4.69) is 9.97 Å². The van der Waals surface area contributed by atoms with Crippen molar-refractivity contribution in [1.29, 1.82) is 0 Å². The zero-order chi connectivity index (χ0) is 11.7. The van der Waals surface area contributed by atoms with Crippen LogP contribution in [0.3, 0.4) is 0 Å². The summed E-state index contributed by atoms with van der Waals surface area (Å²) in [6, 6.07) is 0. The molecule has 8 nitrogen and oxygen atoms in total. The number of hydrogen-bond acceptors (Lipinski definition) is 7. The molecule has 16 heavy (non-hydrogen) atoms. The monoisotopic (exact) mass is 228 g/mol. The number of aliphatic hydroxyl groups is 2. The fourth-order valence-electron chi connectivity index (χ4n) is 1.63. The summed E-state index contributed by atoms with van der Waals surface area (Å²) in [7, 11) is 0. The molecule has 0 spiro atoms. The second-order valence-electron chi connectivity index (χ2n) is 3.54. The molecule has 88 valence electrons. The maximum atomic E-state index is 11.4. The fourth-order valence-corrected chi connectivity index (χ4v) is 1.63. The number of ether oxygens (including phenoxy) is 1. The Morgan fingerprint density at radius 2 is 2.44 bits per heavy atom. The molecule has 0 aromatic carbocycles. The maximum Gasteiger partial charge on any atom is 0.354 e. The Kier molecular flexibility index (Phi) is 2.86. The van der Waals surface area contributed by atoms with Crippen LogP contribution in [0.25, 0.3) is 0 Å². The first-order chi connectivity index (χ1) is 7.61. The molecule has 0 saturated carbocycles. The molecular weight excluding hydrogens is 216 g/mol. The van der Waals surface area contributed by atoms with E-state index in [9.17, 15) is 9.90 Å². The molecule has 1 aliphatic rings. The van der Waals surface area contributed by atoms with Crippen molar-refractivity contribution < 1.29 is 14.9 Å². The van der Waals surface area contributed by atoms with E-state index in [4.69, 9.17) is 15.6 Å². The minimum absolute atomic E-state index is 0.132. The van der Waals surface area contributed by atoms with Gasteiger partial charge < -0.3 is 20.7 Å². The Morgan fingerprint density at radius 3 is 3.00 bits per heavy atom. The number of rotatable bonds is 2. The third kappa shape index (κ3) is 1.90. The summed E-state index contributed by atoms with van der Waals surface area (Å²) >= 11 is 0. The first-order valence-corrected chi connectivity index (χ1v) is 4.77. The molecule has 0 radical (unpaired) electrons. The van der Waals surface area contributed by atoms with Crippen molar-refractivity contribution in [3.8, 4) is 0 Å². The van der Waals surface area contributed by atoms with Crippen molar-refractivity contribution in [3.05, 3.63) is 16.8 Å². The molecule has 2 rings (SSSR count). The maximum absolute atomic E-state index is 11.4. The van der Waals surface area contributed by atoms with Gasteiger partial charge in [-0.05, 0) is 0 Å². The van der Waals surface area contributed by atoms with Gasteiger partial charge >= 0.3 is 5.69 Å². The summed E-state index contributed by atoms with van der Waals surface area (Å²) in [5.41, 5.74) is 4.59. The molecule has 1 aromatic rings. The molecular formula is C8H12N4O4. The SMILES string of the molecule is Nc1ncn([C@@H]2O[C@H](CO)C[C@H]2O)c(=O)n1. The number of nitrogens with zero attached hydrogens (tertiary/aromatic N) is 3. The van der Waals surface area contributed by atoms with Crippen molar-refractivity contribution >= 4 is 5.95 Å². The van der Waals surface area contributed by atoms with Crippen LogP contribution in [0.15, 0.2) is 11.1 Å². The van der Waals surface area contributed by atoms with Gasteiger partial charge in [0.2, 0.25) is 5.95 Å². The Labute approximate surface area is 90.3 Å². The van der Waals surface area contributed by atoms with E-state index in [1.54, 1.807) is 0 Å². The number of hydrogen-bond donors (Lipinski definition) is 3. The lowest BCUT2D eigenvalue weighted by Crippen LogP contribution is -2.32. The Morgan fingerprint density at radius 1 is 1.69 bits per heavy atom. The molecule has 0 aliphatic carbocycles. The molecule has 0 bridgehead atoms. The first kappa shape index (κ1) is 11.0. The van der Waals surface area contributed by atoms with E-state index in [1.165, 1.54) is 0 Å². The number of nitrogens with two attached hydrogens (primary N) is 1. The van der Waals surface area contributed by atoms with Crippen LogP contribution < -0.4 is 11.4 Å². The number of nitrogen functional groups attached to an aromatic ring is 1. The summed E-state index contributed by atoms with van der Waals surface area (Å²) in [5, 5.41) is 18.5. The predicted octanol–water partition coefficient (Wildman–Crippen LogP) is -2.14. The average Bonchev–Trinajstić information content (AvgIpc) is 2.60. The zero-order valence-electron chi connectivity index (χ0n) is 8.35.